The second-order valence-electron chi connectivity index (χ2n) is 5.76. The molecule has 0 fully saturated rings. The Morgan fingerprint density at radius 1 is 0.810 bits per heavy atom. The highest BCUT2D eigenvalue weighted by Crippen LogP contribution is 2.45. The number of rotatable bonds is 1. The molecule has 1 heteroatoms. The van der Waals surface area contributed by atoms with Gasteiger partial charge in [-0.3, -0.25) is 0 Å². The molecule has 1 atom stereocenters. The Labute approximate surface area is 133 Å². The first-order valence-electron chi connectivity index (χ1n) is 7.17. The molecule has 102 valence electrons. The van der Waals surface area contributed by atoms with Gasteiger partial charge in [-0.15, -0.1) is 0 Å². The molecule has 0 radical (unpaired) electrons. The first-order chi connectivity index (χ1) is 10.2. The molecule has 3 aromatic carbocycles. The van der Waals surface area contributed by atoms with Gasteiger partial charge in [0.2, 0.25) is 0 Å². The Hall–Kier alpha value is -1.86. The van der Waals surface area contributed by atoms with Crippen LogP contribution in [0.3, 0.4) is 0 Å². The Bertz CT molecular complexity index is 871. The van der Waals surface area contributed by atoms with E-state index in [0.717, 1.165) is 0 Å². The summed E-state index contributed by atoms with van der Waals surface area (Å²) in [6, 6.07) is 21.7. The molecule has 1 aliphatic rings. The van der Waals surface area contributed by atoms with Gasteiger partial charge in [-0.05, 0) is 40.5 Å². The van der Waals surface area contributed by atoms with Gasteiger partial charge in [0.15, 0.2) is 0 Å². The highest BCUT2D eigenvalue weighted by Gasteiger charge is 2.33. The minimum absolute atomic E-state index is 0.0695. The van der Waals surface area contributed by atoms with E-state index < -0.39 is 0 Å². The summed E-state index contributed by atoms with van der Waals surface area (Å²) in [5.74, 6) is 0. The molecule has 0 aliphatic heterocycles. The number of hydrogen-bond donors (Lipinski definition) is 0. The first-order valence-corrected chi connectivity index (χ1v) is 7.96. The third kappa shape index (κ3) is 1.81. The van der Waals surface area contributed by atoms with Gasteiger partial charge < -0.3 is 0 Å². The maximum Gasteiger partial charge on any atom is 0.0369 e. The largest absolute Gasteiger partial charge is 0.0692 e. The lowest BCUT2D eigenvalue weighted by molar-refractivity contribution is 0.745. The van der Waals surface area contributed by atoms with E-state index in [1.54, 1.807) is 0 Å². The van der Waals surface area contributed by atoms with Crippen molar-refractivity contribution in [2.75, 3.05) is 0 Å². The Kier molecular flexibility index (Phi) is 2.80. The molecule has 0 bridgehead atoms. The molecule has 4 rings (SSSR count). The zero-order valence-electron chi connectivity index (χ0n) is 11.8. The van der Waals surface area contributed by atoms with Crippen molar-refractivity contribution in [1.29, 1.82) is 0 Å². The van der Waals surface area contributed by atoms with Crippen molar-refractivity contribution in [3.63, 3.8) is 0 Å². The standard InChI is InChI=1S/C20H15Br/c1-20(13-12-16-18(20)10-5-11-19(16)21)17-9-4-7-14-6-2-3-8-15(14)17/h2-13H,1H3. The topological polar surface area (TPSA) is 0 Å². The summed E-state index contributed by atoms with van der Waals surface area (Å²) in [6.07, 6.45) is 4.56. The Morgan fingerprint density at radius 3 is 2.43 bits per heavy atom. The van der Waals surface area contributed by atoms with Crippen molar-refractivity contribution in [3.8, 4) is 0 Å². The highest BCUT2D eigenvalue weighted by atomic mass is 79.9. The normalized spacial score (nSPS) is 19.9. The van der Waals surface area contributed by atoms with Crippen molar-refractivity contribution in [2.45, 2.75) is 12.3 Å². The van der Waals surface area contributed by atoms with Gasteiger partial charge >= 0.3 is 0 Å². The number of allylic oxidation sites excluding steroid dienone is 1. The summed E-state index contributed by atoms with van der Waals surface area (Å²) >= 11 is 3.67. The van der Waals surface area contributed by atoms with Gasteiger partial charge in [0.25, 0.3) is 0 Å². The summed E-state index contributed by atoms with van der Waals surface area (Å²) in [5.41, 5.74) is 3.97. The summed E-state index contributed by atoms with van der Waals surface area (Å²) < 4.78 is 1.17. The van der Waals surface area contributed by atoms with Crippen molar-refractivity contribution >= 4 is 32.8 Å². The molecule has 3 aromatic rings. The molecule has 0 nitrogen and oxygen atoms in total. The SMILES string of the molecule is CC1(c2cccc3ccccc23)C=Cc2c(Br)cccc21. The third-order valence-corrected chi connectivity index (χ3v) is 5.24. The van der Waals surface area contributed by atoms with Gasteiger partial charge in [-0.1, -0.05) is 82.7 Å². The van der Waals surface area contributed by atoms with Crippen LogP contribution in [0.15, 0.2) is 71.2 Å². The lowest BCUT2D eigenvalue weighted by atomic mass is 9.76. The van der Waals surface area contributed by atoms with E-state index in [4.69, 9.17) is 0 Å². The van der Waals surface area contributed by atoms with Crippen molar-refractivity contribution in [3.05, 3.63) is 87.9 Å². The summed E-state index contributed by atoms with van der Waals surface area (Å²) in [5, 5.41) is 2.63. The summed E-state index contributed by atoms with van der Waals surface area (Å²) in [7, 11) is 0. The van der Waals surface area contributed by atoms with Crippen LogP contribution in [-0.4, -0.2) is 0 Å². The van der Waals surface area contributed by atoms with Gasteiger partial charge in [0, 0.05) is 9.89 Å². The molecule has 0 heterocycles. The molecule has 1 unspecified atom stereocenters. The van der Waals surface area contributed by atoms with Crippen LogP contribution >= 0.6 is 15.9 Å². The molecular weight excluding hydrogens is 320 g/mol. The molecule has 0 amide bonds. The third-order valence-electron chi connectivity index (χ3n) is 4.54. The van der Waals surface area contributed by atoms with Gasteiger partial charge in [-0.25, -0.2) is 0 Å². The van der Waals surface area contributed by atoms with Gasteiger partial charge in [0.05, 0.1) is 0 Å². The van der Waals surface area contributed by atoms with Crippen LogP contribution in [0.4, 0.5) is 0 Å². The van der Waals surface area contributed by atoms with Crippen LogP contribution < -0.4 is 0 Å². The molecule has 0 spiro atoms. The fourth-order valence-electron chi connectivity index (χ4n) is 3.41. The van der Waals surface area contributed by atoms with Crippen LogP contribution in [0.1, 0.15) is 23.6 Å². The quantitative estimate of drug-likeness (QED) is 0.517. The van der Waals surface area contributed by atoms with E-state index in [2.05, 4.69) is 95.7 Å². The molecular formula is C20H15Br. The van der Waals surface area contributed by atoms with Crippen LogP contribution in [0.5, 0.6) is 0 Å². The molecule has 0 aromatic heterocycles. The van der Waals surface area contributed by atoms with Crippen molar-refractivity contribution in [2.24, 2.45) is 0 Å². The molecule has 0 saturated carbocycles. The van der Waals surface area contributed by atoms with Crippen LogP contribution in [0, 0.1) is 0 Å². The average Bonchev–Trinajstić information content (AvgIpc) is 2.87. The fourth-order valence-corrected chi connectivity index (χ4v) is 3.91. The van der Waals surface area contributed by atoms with Gasteiger partial charge in [0.1, 0.15) is 0 Å². The van der Waals surface area contributed by atoms with Crippen molar-refractivity contribution < 1.29 is 0 Å². The predicted molar refractivity (Wildman–Crippen MR) is 93.6 cm³/mol. The van der Waals surface area contributed by atoms with E-state index in [-0.39, 0.29) is 5.41 Å². The zero-order chi connectivity index (χ0) is 14.4. The van der Waals surface area contributed by atoms with E-state index in [0.29, 0.717) is 0 Å². The second kappa shape index (κ2) is 4.57. The molecule has 21 heavy (non-hydrogen) atoms. The minimum atomic E-state index is -0.0695. The van der Waals surface area contributed by atoms with Gasteiger partial charge in [-0.2, -0.15) is 0 Å². The van der Waals surface area contributed by atoms with Crippen LogP contribution in [0.2, 0.25) is 0 Å². The lowest BCUT2D eigenvalue weighted by Crippen LogP contribution is -2.19. The van der Waals surface area contributed by atoms with E-state index >= 15 is 0 Å². The molecule has 1 aliphatic carbocycles. The van der Waals surface area contributed by atoms with E-state index in [9.17, 15) is 0 Å². The van der Waals surface area contributed by atoms with Crippen LogP contribution in [0.25, 0.3) is 16.8 Å². The van der Waals surface area contributed by atoms with Crippen LogP contribution in [-0.2, 0) is 5.41 Å². The zero-order valence-corrected chi connectivity index (χ0v) is 13.4. The Morgan fingerprint density at radius 2 is 1.52 bits per heavy atom. The second-order valence-corrected chi connectivity index (χ2v) is 6.62. The maximum atomic E-state index is 3.67. The van der Waals surface area contributed by atoms with Crippen molar-refractivity contribution in [1.82, 2.24) is 0 Å². The van der Waals surface area contributed by atoms with E-state index in [1.165, 1.54) is 31.9 Å². The number of benzene rings is 3. The number of halogens is 1. The molecule has 0 saturated heterocycles. The summed E-state index contributed by atoms with van der Waals surface area (Å²) in [4.78, 5) is 0. The molecule has 0 N–H and O–H groups in total. The maximum absolute atomic E-state index is 3.67. The minimum Gasteiger partial charge on any atom is -0.0692 e. The monoisotopic (exact) mass is 334 g/mol. The summed E-state index contributed by atoms with van der Waals surface area (Å²) in [6.45, 7) is 2.31. The lowest BCUT2D eigenvalue weighted by Gasteiger charge is -2.27. The fraction of sp³-hybridized carbons (Fsp3) is 0.100. The Balaban J connectivity index is 2.03. The average molecular weight is 335 g/mol. The first kappa shape index (κ1) is 12.8. The number of fused-ring (bicyclic) bond motifs is 2. The number of hydrogen-bond acceptors (Lipinski definition) is 0. The van der Waals surface area contributed by atoms with E-state index in [1.807, 2.05) is 0 Å². The predicted octanol–water partition coefficient (Wildman–Crippen LogP) is 5.94. The highest BCUT2D eigenvalue weighted by molar-refractivity contribution is 9.10. The smallest absolute Gasteiger partial charge is 0.0369 e.